The number of Topliss-reactive ketones (excluding diaryl/α,β-unsaturated/α-hetero) is 1. The molecule has 2 rings (SSSR count). The van der Waals surface area contributed by atoms with Crippen LogP contribution in [0.15, 0.2) is 54.6 Å². The second-order valence-corrected chi connectivity index (χ2v) is 5.02. The minimum absolute atomic E-state index is 0.308. The summed E-state index contributed by atoms with van der Waals surface area (Å²) in [6.07, 6.45) is -0.339. The molecule has 0 saturated carbocycles. The standard InChI is InChI=1S/C18H18N2O3/c1-19-15-11-7-6-10-14(15)18(23)20(2)17(22)12-16(21)13-8-4-3-5-9-13/h3-11,19H,12H2,1-2H3. The van der Waals surface area contributed by atoms with E-state index in [1.54, 1.807) is 61.6 Å². The molecule has 2 amide bonds. The normalized spacial score (nSPS) is 10.0. The van der Waals surface area contributed by atoms with Gasteiger partial charge in [-0.2, -0.15) is 0 Å². The number of benzene rings is 2. The first-order chi connectivity index (χ1) is 11.0. The Morgan fingerprint density at radius 3 is 2.22 bits per heavy atom. The van der Waals surface area contributed by atoms with Crippen molar-refractivity contribution >= 4 is 23.3 Å². The summed E-state index contributed by atoms with van der Waals surface area (Å²) >= 11 is 0. The summed E-state index contributed by atoms with van der Waals surface area (Å²) in [5.41, 5.74) is 1.47. The Balaban J connectivity index is 2.10. The summed E-state index contributed by atoms with van der Waals surface area (Å²) in [4.78, 5) is 37.7. The van der Waals surface area contributed by atoms with E-state index in [0.717, 1.165) is 4.90 Å². The molecular formula is C18H18N2O3. The Hall–Kier alpha value is -2.95. The van der Waals surface area contributed by atoms with Crippen molar-refractivity contribution in [2.24, 2.45) is 0 Å². The van der Waals surface area contributed by atoms with Crippen molar-refractivity contribution in [3.8, 4) is 0 Å². The Labute approximate surface area is 134 Å². The molecule has 0 spiro atoms. The van der Waals surface area contributed by atoms with Crippen LogP contribution in [0.3, 0.4) is 0 Å². The number of rotatable bonds is 5. The van der Waals surface area contributed by atoms with E-state index in [0.29, 0.717) is 16.8 Å². The summed E-state index contributed by atoms with van der Waals surface area (Å²) in [7, 11) is 3.09. The first-order valence-electron chi connectivity index (χ1n) is 7.20. The van der Waals surface area contributed by atoms with E-state index in [4.69, 9.17) is 0 Å². The highest BCUT2D eigenvalue weighted by Crippen LogP contribution is 2.16. The van der Waals surface area contributed by atoms with Gasteiger partial charge in [-0.25, -0.2) is 0 Å². The van der Waals surface area contributed by atoms with Gasteiger partial charge in [0.25, 0.3) is 5.91 Å². The van der Waals surface area contributed by atoms with Gasteiger partial charge in [-0.15, -0.1) is 0 Å². The van der Waals surface area contributed by atoms with Gasteiger partial charge in [0.2, 0.25) is 5.91 Å². The Kier molecular flexibility index (Phi) is 5.25. The van der Waals surface area contributed by atoms with Crippen molar-refractivity contribution < 1.29 is 14.4 Å². The maximum atomic E-state index is 12.4. The van der Waals surface area contributed by atoms with Crippen molar-refractivity contribution in [3.05, 3.63) is 65.7 Å². The number of ketones is 1. The summed E-state index contributed by atoms with van der Waals surface area (Å²) in [5, 5.41) is 2.91. The lowest BCUT2D eigenvalue weighted by molar-refractivity contribution is -0.126. The van der Waals surface area contributed by atoms with E-state index < -0.39 is 11.8 Å². The molecule has 5 nitrogen and oxygen atoms in total. The SMILES string of the molecule is CNc1ccccc1C(=O)N(C)C(=O)CC(=O)c1ccccc1. The summed E-state index contributed by atoms with van der Waals surface area (Å²) < 4.78 is 0. The van der Waals surface area contributed by atoms with Gasteiger partial charge in [0.15, 0.2) is 5.78 Å². The van der Waals surface area contributed by atoms with Gasteiger partial charge < -0.3 is 5.32 Å². The number of hydrogen-bond donors (Lipinski definition) is 1. The number of hydrogen-bond acceptors (Lipinski definition) is 4. The first kappa shape index (κ1) is 16.4. The van der Waals surface area contributed by atoms with Gasteiger partial charge in [-0.1, -0.05) is 42.5 Å². The van der Waals surface area contributed by atoms with Gasteiger partial charge >= 0.3 is 0 Å². The third-order valence-corrected chi connectivity index (χ3v) is 3.51. The number of anilines is 1. The molecule has 0 aromatic heterocycles. The number of nitrogens with one attached hydrogen (secondary N) is 1. The molecule has 0 bridgehead atoms. The van der Waals surface area contributed by atoms with E-state index in [2.05, 4.69) is 5.32 Å². The summed E-state index contributed by atoms with van der Waals surface area (Å²) in [5.74, 6) is -1.28. The average Bonchev–Trinajstić information content (AvgIpc) is 2.61. The van der Waals surface area contributed by atoms with Crippen LogP contribution in [0.2, 0.25) is 0 Å². The number of imide groups is 1. The number of carbonyl (C=O) groups is 3. The van der Waals surface area contributed by atoms with E-state index in [1.165, 1.54) is 7.05 Å². The van der Waals surface area contributed by atoms with E-state index >= 15 is 0 Å². The van der Waals surface area contributed by atoms with Crippen LogP contribution in [-0.4, -0.2) is 36.6 Å². The van der Waals surface area contributed by atoms with E-state index in [-0.39, 0.29) is 12.2 Å². The monoisotopic (exact) mass is 310 g/mol. The third kappa shape index (κ3) is 3.83. The zero-order valence-electron chi connectivity index (χ0n) is 13.1. The number of amides is 2. The van der Waals surface area contributed by atoms with Crippen molar-refractivity contribution in [1.29, 1.82) is 0 Å². The second-order valence-electron chi connectivity index (χ2n) is 5.02. The first-order valence-corrected chi connectivity index (χ1v) is 7.20. The molecular weight excluding hydrogens is 292 g/mol. The minimum Gasteiger partial charge on any atom is -0.387 e. The molecule has 0 unspecified atom stereocenters. The fourth-order valence-electron chi connectivity index (χ4n) is 2.16. The quantitative estimate of drug-likeness (QED) is 0.681. The lowest BCUT2D eigenvalue weighted by atomic mass is 10.1. The van der Waals surface area contributed by atoms with Crippen LogP contribution in [0.1, 0.15) is 27.1 Å². The van der Waals surface area contributed by atoms with Gasteiger partial charge in [0.05, 0.1) is 12.0 Å². The molecule has 5 heteroatoms. The molecule has 0 fully saturated rings. The van der Waals surface area contributed by atoms with Crippen molar-refractivity contribution in [1.82, 2.24) is 4.90 Å². The smallest absolute Gasteiger partial charge is 0.262 e. The molecule has 0 atom stereocenters. The minimum atomic E-state index is -0.533. The fraction of sp³-hybridized carbons (Fsp3) is 0.167. The molecule has 0 saturated heterocycles. The number of para-hydroxylation sites is 1. The molecule has 0 heterocycles. The highest BCUT2D eigenvalue weighted by atomic mass is 16.2. The summed E-state index contributed by atoms with van der Waals surface area (Å²) in [6.45, 7) is 0. The van der Waals surface area contributed by atoms with Crippen molar-refractivity contribution in [2.75, 3.05) is 19.4 Å². The molecule has 1 N–H and O–H groups in total. The highest BCUT2D eigenvalue weighted by molar-refractivity contribution is 6.14. The Morgan fingerprint density at radius 1 is 0.957 bits per heavy atom. The second kappa shape index (κ2) is 7.35. The largest absolute Gasteiger partial charge is 0.387 e. The van der Waals surface area contributed by atoms with Gasteiger partial charge in [0, 0.05) is 25.3 Å². The van der Waals surface area contributed by atoms with Crippen LogP contribution in [0.25, 0.3) is 0 Å². The molecule has 118 valence electrons. The molecule has 0 aliphatic rings. The molecule has 0 radical (unpaired) electrons. The van der Waals surface area contributed by atoms with Crippen LogP contribution in [0.5, 0.6) is 0 Å². The van der Waals surface area contributed by atoms with Crippen LogP contribution in [0.4, 0.5) is 5.69 Å². The molecule has 0 aliphatic carbocycles. The molecule has 0 aliphatic heterocycles. The Bertz CT molecular complexity index is 726. The molecule has 2 aromatic rings. The van der Waals surface area contributed by atoms with Crippen LogP contribution in [0, 0.1) is 0 Å². The summed E-state index contributed by atoms with van der Waals surface area (Å²) in [6, 6.07) is 15.5. The van der Waals surface area contributed by atoms with Crippen LogP contribution >= 0.6 is 0 Å². The predicted octanol–water partition coefficient (Wildman–Crippen LogP) is 2.60. The lowest BCUT2D eigenvalue weighted by Crippen LogP contribution is -2.34. The lowest BCUT2D eigenvalue weighted by Gasteiger charge is -2.17. The van der Waals surface area contributed by atoms with Crippen molar-refractivity contribution in [2.45, 2.75) is 6.42 Å². The zero-order valence-corrected chi connectivity index (χ0v) is 13.1. The maximum Gasteiger partial charge on any atom is 0.262 e. The zero-order chi connectivity index (χ0) is 16.8. The maximum absolute atomic E-state index is 12.4. The van der Waals surface area contributed by atoms with Gasteiger partial charge in [0.1, 0.15) is 0 Å². The number of carbonyl (C=O) groups excluding carboxylic acids is 3. The predicted molar refractivity (Wildman–Crippen MR) is 88.5 cm³/mol. The number of nitrogens with zero attached hydrogens (tertiary/aromatic N) is 1. The average molecular weight is 310 g/mol. The molecule has 23 heavy (non-hydrogen) atoms. The Morgan fingerprint density at radius 2 is 1.57 bits per heavy atom. The van der Waals surface area contributed by atoms with Gasteiger partial charge in [-0.3, -0.25) is 19.3 Å². The van der Waals surface area contributed by atoms with E-state index in [9.17, 15) is 14.4 Å². The van der Waals surface area contributed by atoms with Crippen molar-refractivity contribution in [3.63, 3.8) is 0 Å². The topological polar surface area (TPSA) is 66.5 Å². The third-order valence-electron chi connectivity index (χ3n) is 3.51. The highest BCUT2D eigenvalue weighted by Gasteiger charge is 2.23. The van der Waals surface area contributed by atoms with Crippen LogP contribution in [-0.2, 0) is 4.79 Å². The molecule has 2 aromatic carbocycles. The fourth-order valence-corrected chi connectivity index (χ4v) is 2.16. The van der Waals surface area contributed by atoms with E-state index in [1.807, 2.05) is 0 Å². The van der Waals surface area contributed by atoms with Crippen LogP contribution < -0.4 is 5.32 Å². The van der Waals surface area contributed by atoms with Gasteiger partial charge in [-0.05, 0) is 12.1 Å².